The smallest absolute Gasteiger partial charge is 0.325 e. The Morgan fingerprint density at radius 3 is 2.56 bits per heavy atom. The molecule has 0 fully saturated rings. The maximum Gasteiger partial charge on any atom is 0.325 e. The number of aromatic hydroxyl groups is 1. The van der Waals surface area contributed by atoms with Crippen molar-refractivity contribution in [2.24, 2.45) is 5.73 Å². The number of aliphatic carboxylic acids is 1. The number of carboxylic acids is 1. The van der Waals surface area contributed by atoms with Crippen LogP contribution in [0.15, 0.2) is 12.1 Å². The van der Waals surface area contributed by atoms with Crippen molar-refractivity contribution in [3.63, 3.8) is 0 Å². The van der Waals surface area contributed by atoms with E-state index in [0.29, 0.717) is 0 Å². The third-order valence-corrected chi connectivity index (χ3v) is 2.20. The molecule has 0 saturated carbocycles. The van der Waals surface area contributed by atoms with Crippen LogP contribution in [0.1, 0.15) is 11.6 Å². The van der Waals surface area contributed by atoms with Gasteiger partial charge in [0.25, 0.3) is 5.69 Å². The van der Waals surface area contributed by atoms with E-state index < -0.39 is 28.4 Å². The van der Waals surface area contributed by atoms with Crippen LogP contribution in [-0.4, -0.2) is 21.1 Å². The lowest BCUT2D eigenvalue weighted by Crippen LogP contribution is -2.20. The van der Waals surface area contributed by atoms with Crippen LogP contribution < -0.4 is 5.73 Å². The molecule has 86 valence electrons. The second kappa shape index (κ2) is 4.33. The number of benzene rings is 1. The van der Waals surface area contributed by atoms with Crippen molar-refractivity contribution in [1.29, 1.82) is 0 Å². The zero-order chi connectivity index (χ0) is 12.5. The minimum Gasteiger partial charge on any atom is -0.508 e. The standard InChI is InChI=1S/C8H7ClN2O5/c9-4-2-6(12)3(7(10)8(13)14)1-5(4)11(15)16/h1-2,7,12H,10H2,(H,13,14)/t7-/m0/s1. The summed E-state index contributed by atoms with van der Waals surface area (Å²) in [5.74, 6) is -1.91. The average Bonchev–Trinajstić information content (AvgIpc) is 2.16. The SMILES string of the molecule is N[C@H](C(=O)O)c1cc([N+](=O)[O-])c(Cl)cc1O. The van der Waals surface area contributed by atoms with Gasteiger partial charge in [0.1, 0.15) is 16.8 Å². The molecule has 1 aromatic rings. The number of carboxylic acid groups (broad SMARTS) is 1. The van der Waals surface area contributed by atoms with Crippen LogP contribution >= 0.6 is 11.6 Å². The molecule has 4 N–H and O–H groups in total. The minimum atomic E-state index is -1.55. The predicted octanol–water partition coefficient (Wildman–Crippen LogP) is 1.04. The molecule has 0 aliphatic heterocycles. The molecular weight excluding hydrogens is 240 g/mol. The molecule has 0 saturated heterocycles. The van der Waals surface area contributed by atoms with E-state index in [9.17, 15) is 20.0 Å². The second-order valence-electron chi connectivity index (χ2n) is 2.94. The van der Waals surface area contributed by atoms with Gasteiger partial charge < -0.3 is 15.9 Å². The Balaban J connectivity index is 3.35. The number of phenolic OH excluding ortho intramolecular Hbond substituents is 1. The highest BCUT2D eigenvalue weighted by atomic mass is 35.5. The summed E-state index contributed by atoms with van der Waals surface area (Å²) in [6.45, 7) is 0. The monoisotopic (exact) mass is 246 g/mol. The molecule has 0 radical (unpaired) electrons. The zero-order valence-electron chi connectivity index (χ0n) is 7.75. The van der Waals surface area contributed by atoms with Gasteiger partial charge in [-0.15, -0.1) is 0 Å². The fourth-order valence-electron chi connectivity index (χ4n) is 1.09. The Labute approximate surface area is 94.2 Å². The van der Waals surface area contributed by atoms with Gasteiger partial charge in [-0.2, -0.15) is 0 Å². The molecule has 0 aliphatic carbocycles. The lowest BCUT2D eigenvalue weighted by molar-refractivity contribution is -0.384. The summed E-state index contributed by atoms with van der Waals surface area (Å²) in [7, 11) is 0. The van der Waals surface area contributed by atoms with Crippen LogP contribution in [0.4, 0.5) is 5.69 Å². The number of nitro benzene ring substituents is 1. The number of carbonyl (C=O) groups is 1. The highest BCUT2D eigenvalue weighted by molar-refractivity contribution is 6.32. The predicted molar refractivity (Wildman–Crippen MR) is 54.3 cm³/mol. The molecule has 1 rings (SSSR count). The minimum absolute atomic E-state index is 0.261. The largest absolute Gasteiger partial charge is 0.508 e. The van der Waals surface area contributed by atoms with Gasteiger partial charge in [-0.25, -0.2) is 0 Å². The number of nitro groups is 1. The Kier molecular flexibility index (Phi) is 3.31. The molecule has 0 aliphatic rings. The van der Waals surface area contributed by atoms with Gasteiger partial charge in [-0.3, -0.25) is 14.9 Å². The molecule has 0 heterocycles. The summed E-state index contributed by atoms with van der Waals surface area (Å²) >= 11 is 5.49. The summed E-state index contributed by atoms with van der Waals surface area (Å²) < 4.78 is 0. The van der Waals surface area contributed by atoms with Crippen molar-refractivity contribution in [1.82, 2.24) is 0 Å². The first-order chi connectivity index (χ1) is 7.34. The average molecular weight is 247 g/mol. The molecule has 7 nitrogen and oxygen atoms in total. The van der Waals surface area contributed by atoms with E-state index in [2.05, 4.69) is 0 Å². The van der Waals surface area contributed by atoms with E-state index in [4.69, 9.17) is 22.4 Å². The van der Waals surface area contributed by atoms with Gasteiger partial charge in [0.15, 0.2) is 0 Å². The van der Waals surface area contributed by atoms with Gasteiger partial charge in [0.05, 0.1) is 4.92 Å². The maximum absolute atomic E-state index is 10.6. The number of nitrogens with zero attached hydrogens (tertiary/aromatic N) is 1. The molecule has 0 spiro atoms. The normalized spacial score (nSPS) is 12.1. The fraction of sp³-hybridized carbons (Fsp3) is 0.125. The van der Waals surface area contributed by atoms with Crippen LogP contribution in [-0.2, 0) is 4.79 Å². The molecule has 16 heavy (non-hydrogen) atoms. The van der Waals surface area contributed by atoms with Gasteiger partial charge in [-0.1, -0.05) is 11.6 Å². The van der Waals surface area contributed by atoms with Gasteiger partial charge >= 0.3 is 5.97 Å². The van der Waals surface area contributed by atoms with E-state index in [0.717, 1.165) is 12.1 Å². The van der Waals surface area contributed by atoms with E-state index in [1.165, 1.54) is 0 Å². The molecule has 0 unspecified atom stereocenters. The quantitative estimate of drug-likeness (QED) is 0.540. The molecule has 0 bridgehead atoms. The third-order valence-electron chi connectivity index (χ3n) is 1.89. The van der Waals surface area contributed by atoms with Crippen molar-refractivity contribution in [3.05, 3.63) is 32.8 Å². The number of halogens is 1. The first-order valence-corrected chi connectivity index (χ1v) is 4.37. The van der Waals surface area contributed by atoms with Crippen molar-refractivity contribution in [2.75, 3.05) is 0 Å². The Morgan fingerprint density at radius 1 is 1.56 bits per heavy atom. The molecular formula is C8H7ClN2O5. The highest BCUT2D eigenvalue weighted by Crippen LogP contribution is 2.34. The van der Waals surface area contributed by atoms with Gasteiger partial charge in [0.2, 0.25) is 0 Å². The second-order valence-corrected chi connectivity index (χ2v) is 3.34. The third kappa shape index (κ3) is 2.20. The Bertz CT molecular complexity index is 462. The van der Waals surface area contributed by atoms with Crippen molar-refractivity contribution < 1.29 is 19.9 Å². The van der Waals surface area contributed by atoms with Crippen LogP contribution in [0.2, 0.25) is 5.02 Å². The van der Waals surface area contributed by atoms with Crippen molar-refractivity contribution in [3.8, 4) is 5.75 Å². The van der Waals surface area contributed by atoms with Gasteiger partial charge in [0, 0.05) is 17.7 Å². The summed E-state index contributed by atoms with van der Waals surface area (Å²) in [6, 6.07) is 0.185. The lowest BCUT2D eigenvalue weighted by atomic mass is 10.1. The number of hydrogen-bond acceptors (Lipinski definition) is 5. The summed E-state index contributed by atoms with van der Waals surface area (Å²) in [6.07, 6.45) is 0. The van der Waals surface area contributed by atoms with E-state index in [1.807, 2.05) is 0 Å². The molecule has 0 amide bonds. The van der Waals surface area contributed by atoms with Gasteiger partial charge in [-0.05, 0) is 0 Å². The van der Waals surface area contributed by atoms with E-state index >= 15 is 0 Å². The van der Waals surface area contributed by atoms with Crippen LogP contribution in [0.25, 0.3) is 0 Å². The molecule has 8 heteroatoms. The van der Waals surface area contributed by atoms with Crippen LogP contribution in [0, 0.1) is 10.1 Å². The fourth-order valence-corrected chi connectivity index (χ4v) is 1.32. The van der Waals surface area contributed by atoms with Crippen molar-refractivity contribution >= 4 is 23.3 Å². The summed E-state index contributed by atoms with van der Waals surface area (Å²) in [5, 5.41) is 28.2. The topological polar surface area (TPSA) is 127 Å². The van der Waals surface area contributed by atoms with Crippen LogP contribution in [0.5, 0.6) is 5.75 Å². The lowest BCUT2D eigenvalue weighted by Gasteiger charge is -2.09. The van der Waals surface area contributed by atoms with Crippen molar-refractivity contribution in [2.45, 2.75) is 6.04 Å². The maximum atomic E-state index is 10.6. The summed E-state index contributed by atoms with van der Waals surface area (Å²) in [4.78, 5) is 20.3. The number of hydrogen-bond donors (Lipinski definition) is 3. The number of phenols is 1. The van der Waals surface area contributed by atoms with E-state index in [-0.39, 0.29) is 10.6 Å². The Morgan fingerprint density at radius 2 is 2.12 bits per heavy atom. The molecule has 0 aromatic heterocycles. The number of nitrogens with two attached hydrogens (primary N) is 1. The molecule has 1 atom stereocenters. The first-order valence-electron chi connectivity index (χ1n) is 3.99. The van der Waals surface area contributed by atoms with Crippen LogP contribution in [0.3, 0.4) is 0 Å². The summed E-state index contributed by atoms with van der Waals surface area (Å²) in [5.41, 5.74) is 4.46. The Hall–Kier alpha value is -1.86. The highest BCUT2D eigenvalue weighted by Gasteiger charge is 2.23. The first kappa shape index (κ1) is 12.2. The number of rotatable bonds is 3. The van der Waals surface area contributed by atoms with E-state index in [1.54, 1.807) is 0 Å². The molecule has 1 aromatic carbocycles. The zero-order valence-corrected chi connectivity index (χ0v) is 8.51.